The van der Waals surface area contributed by atoms with E-state index in [1.807, 2.05) is 4.90 Å². The van der Waals surface area contributed by atoms with Crippen LogP contribution in [-0.2, 0) is 0 Å². The van der Waals surface area contributed by atoms with Gasteiger partial charge in [0.15, 0.2) is 0 Å². The summed E-state index contributed by atoms with van der Waals surface area (Å²) < 4.78 is 0. The van der Waals surface area contributed by atoms with Gasteiger partial charge in [-0.1, -0.05) is 6.92 Å². The van der Waals surface area contributed by atoms with E-state index in [4.69, 9.17) is 0 Å². The second-order valence-corrected chi connectivity index (χ2v) is 4.88. The van der Waals surface area contributed by atoms with Gasteiger partial charge in [-0.2, -0.15) is 0 Å². The van der Waals surface area contributed by atoms with E-state index in [2.05, 4.69) is 6.92 Å². The summed E-state index contributed by atoms with van der Waals surface area (Å²) in [6.07, 6.45) is 2.09. The molecule has 102 valence electrons. The molecule has 19 heavy (non-hydrogen) atoms. The molecule has 7 nitrogen and oxygen atoms in total. The molecule has 0 aromatic heterocycles. The van der Waals surface area contributed by atoms with Gasteiger partial charge in [0, 0.05) is 19.2 Å². The first-order chi connectivity index (χ1) is 8.99. The number of rotatable bonds is 3. The number of nitrogens with zero attached hydrogens (tertiary/aromatic N) is 3. The van der Waals surface area contributed by atoms with Gasteiger partial charge >= 0.3 is 0 Å². The fourth-order valence-corrected chi connectivity index (χ4v) is 2.45. The van der Waals surface area contributed by atoms with Crippen molar-refractivity contribution in [1.29, 1.82) is 0 Å². The molecule has 1 heterocycles. The van der Waals surface area contributed by atoms with Gasteiger partial charge < -0.3 is 4.90 Å². The average molecular weight is 265 g/mol. The third kappa shape index (κ3) is 2.81. The van der Waals surface area contributed by atoms with E-state index in [1.165, 1.54) is 12.1 Å². The molecule has 0 radical (unpaired) electrons. The first kappa shape index (κ1) is 13.3. The van der Waals surface area contributed by atoms with Crippen LogP contribution < -0.4 is 4.90 Å². The number of benzene rings is 1. The molecule has 2 rings (SSSR count). The van der Waals surface area contributed by atoms with E-state index in [1.54, 1.807) is 0 Å². The molecular formula is C12H15N3O4. The SMILES string of the molecule is C[C@@H]1CCCN(c2ccc([N+](=O)[O-])cc2[N+](=O)[O-])C1. The Morgan fingerprint density at radius 3 is 2.58 bits per heavy atom. The Balaban J connectivity index is 2.38. The summed E-state index contributed by atoms with van der Waals surface area (Å²) in [6.45, 7) is 3.60. The highest BCUT2D eigenvalue weighted by Gasteiger charge is 2.26. The van der Waals surface area contributed by atoms with E-state index < -0.39 is 9.85 Å². The summed E-state index contributed by atoms with van der Waals surface area (Å²) in [5, 5.41) is 21.8. The van der Waals surface area contributed by atoms with Crippen LogP contribution in [0.2, 0.25) is 0 Å². The van der Waals surface area contributed by atoms with Crippen molar-refractivity contribution in [1.82, 2.24) is 0 Å². The number of non-ortho nitro benzene ring substituents is 1. The molecule has 0 bridgehead atoms. The zero-order valence-corrected chi connectivity index (χ0v) is 10.6. The van der Waals surface area contributed by atoms with Crippen LogP contribution >= 0.6 is 0 Å². The maximum absolute atomic E-state index is 11.1. The second kappa shape index (κ2) is 5.21. The van der Waals surface area contributed by atoms with Crippen LogP contribution in [-0.4, -0.2) is 22.9 Å². The quantitative estimate of drug-likeness (QED) is 0.619. The van der Waals surface area contributed by atoms with Gasteiger partial charge in [-0.3, -0.25) is 20.2 Å². The first-order valence-corrected chi connectivity index (χ1v) is 6.17. The Hall–Kier alpha value is -2.18. The average Bonchev–Trinajstić information content (AvgIpc) is 2.37. The van der Waals surface area contributed by atoms with Crippen LogP contribution in [0.5, 0.6) is 0 Å². The predicted octanol–water partition coefficient (Wildman–Crippen LogP) is 2.74. The maximum Gasteiger partial charge on any atom is 0.299 e. The minimum atomic E-state index is -0.615. The number of hydrogen-bond donors (Lipinski definition) is 0. The number of piperidine rings is 1. The maximum atomic E-state index is 11.1. The second-order valence-electron chi connectivity index (χ2n) is 4.88. The van der Waals surface area contributed by atoms with Crippen molar-refractivity contribution in [3.05, 3.63) is 38.4 Å². The highest BCUT2D eigenvalue weighted by atomic mass is 16.6. The Morgan fingerprint density at radius 1 is 1.26 bits per heavy atom. The first-order valence-electron chi connectivity index (χ1n) is 6.17. The number of nitro groups is 2. The normalized spacial score (nSPS) is 19.2. The third-order valence-electron chi connectivity index (χ3n) is 3.36. The largest absolute Gasteiger partial charge is 0.366 e. The number of nitro benzene ring substituents is 2. The zero-order chi connectivity index (χ0) is 14.0. The van der Waals surface area contributed by atoms with Crippen LogP contribution in [0, 0.1) is 26.1 Å². The lowest BCUT2D eigenvalue weighted by molar-refractivity contribution is -0.393. The van der Waals surface area contributed by atoms with Crippen LogP contribution in [0.25, 0.3) is 0 Å². The minimum absolute atomic E-state index is 0.191. The summed E-state index contributed by atoms with van der Waals surface area (Å²) in [4.78, 5) is 22.5. The topological polar surface area (TPSA) is 89.5 Å². The fourth-order valence-electron chi connectivity index (χ4n) is 2.45. The van der Waals surface area contributed by atoms with Crippen molar-refractivity contribution in [2.24, 2.45) is 5.92 Å². The van der Waals surface area contributed by atoms with E-state index in [9.17, 15) is 20.2 Å². The van der Waals surface area contributed by atoms with E-state index in [-0.39, 0.29) is 11.4 Å². The molecule has 0 spiro atoms. The van der Waals surface area contributed by atoms with E-state index >= 15 is 0 Å². The zero-order valence-electron chi connectivity index (χ0n) is 10.6. The molecule has 0 unspecified atom stereocenters. The predicted molar refractivity (Wildman–Crippen MR) is 70.4 cm³/mol. The molecule has 1 aliphatic rings. The van der Waals surface area contributed by atoms with Gasteiger partial charge in [-0.25, -0.2) is 0 Å². The lowest BCUT2D eigenvalue weighted by Crippen LogP contribution is -2.34. The number of anilines is 1. The molecule has 0 amide bonds. The summed E-state index contributed by atoms with van der Waals surface area (Å²) in [6, 6.07) is 3.84. The summed E-state index contributed by atoms with van der Waals surface area (Å²) in [7, 11) is 0. The van der Waals surface area contributed by atoms with Crippen molar-refractivity contribution < 1.29 is 9.85 Å². The van der Waals surface area contributed by atoms with E-state index in [0.717, 1.165) is 32.0 Å². The molecule has 0 N–H and O–H groups in total. The molecule has 1 aromatic carbocycles. The molecule has 1 atom stereocenters. The summed E-state index contributed by atoms with van der Waals surface area (Å²) in [5.74, 6) is 0.476. The van der Waals surface area contributed by atoms with Gasteiger partial charge in [-0.15, -0.1) is 0 Å². The Labute approximate surface area is 110 Å². The van der Waals surface area contributed by atoms with Crippen molar-refractivity contribution in [3.63, 3.8) is 0 Å². The van der Waals surface area contributed by atoms with Crippen LogP contribution in [0.4, 0.5) is 17.1 Å². The molecule has 1 aromatic rings. The molecule has 1 fully saturated rings. The van der Waals surface area contributed by atoms with Crippen LogP contribution in [0.1, 0.15) is 19.8 Å². The van der Waals surface area contributed by atoms with Gasteiger partial charge in [0.1, 0.15) is 5.69 Å². The molecule has 1 saturated heterocycles. The lowest BCUT2D eigenvalue weighted by atomic mass is 9.99. The minimum Gasteiger partial charge on any atom is -0.366 e. The fraction of sp³-hybridized carbons (Fsp3) is 0.500. The Kier molecular flexibility index (Phi) is 3.64. The van der Waals surface area contributed by atoms with Crippen LogP contribution in [0.15, 0.2) is 18.2 Å². The van der Waals surface area contributed by atoms with Gasteiger partial charge in [0.2, 0.25) is 0 Å². The highest BCUT2D eigenvalue weighted by Crippen LogP contribution is 2.34. The van der Waals surface area contributed by atoms with Crippen molar-refractivity contribution in [3.8, 4) is 0 Å². The Morgan fingerprint density at radius 2 is 2.00 bits per heavy atom. The highest BCUT2D eigenvalue weighted by molar-refractivity contribution is 5.67. The van der Waals surface area contributed by atoms with Crippen LogP contribution in [0.3, 0.4) is 0 Å². The van der Waals surface area contributed by atoms with Gasteiger partial charge in [0.25, 0.3) is 11.4 Å². The number of hydrogen-bond acceptors (Lipinski definition) is 5. The molecular weight excluding hydrogens is 250 g/mol. The standard InChI is InChI=1S/C12H15N3O4/c1-9-3-2-6-13(8-9)11-5-4-10(14(16)17)7-12(11)15(18)19/h4-5,7,9H,2-3,6,8H2,1H3/t9-/m1/s1. The molecule has 1 aliphatic heterocycles. The van der Waals surface area contributed by atoms with Gasteiger partial charge in [0.05, 0.1) is 15.9 Å². The van der Waals surface area contributed by atoms with Crippen molar-refractivity contribution in [2.45, 2.75) is 19.8 Å². The van der Waals surface area contributed by atoms with E-state index in [0.29, 0.717) is 11.6 Å². The van der Waals surface area contributed by atoms with Crippen molar-refractivity contribution in [2.75, 3.05) is 18.0 Å². The Bertz CT molecular complexity index is 518. The smallest absolute Gasteiger partial charge is 0.299 e. The molecule has 0 aliphatic carbocycles. The monoisotopic (exact) mass is 265 g/mol. The summed E-state index contributed by atoms with van der Waals surface area (Å²) in [5.41, 5.74) is 0.0333. The van der Waals surface area contributed by atoms with Crippen molar-refractivity contribution >= 4 is 17.1 Å². The van der Waals surface area contributed by atoms with Gasteiger partial charge in [-0.05, 0) is 24.8 Å². The summed E-state index contributed by atoms with van der Waals surface area (Å²) >= 11 is 0. The molecule has 7 heteroatoms. The lowest BCUT2D eigenvalue weighted by Gasteiger charge is -2.32. The third-order valence-corrected chi connectivity index (χ3v) is 3.36. The molecule has 0 saturated carbocycles.